The fraction of sp³-hybridized carbons (Fsp3) is 0.500. The van der Waals surface area contributed by atoms with Crippen LogP contribution >= 0.6 is 0 Å². The van der Waals surface area contributed by atoms with Crippen molar-refractivity contribution in [3.63, 3.8) is 0 Å². The third-order valence-electron chi connectivity index (χ3n) is 1.16. The van der Waals surface area contributed by atoms with E-state index in [-0.39, 0.29) is 0 Å². The predicted molar refractivity (Wildman–Crippen MR) is 38.3 cm³/mol. The summed E-state index contributed by atoms with van der Waals surface area (Å²) in [6.07, 6.45) is 3.80. The van der Waals surface area contributed by atoms with Crippen molar-refractivity contribution in [3.05, 3.63) is 11.9 Å². The van der Waals surface area contributed by atoms with Crippen LogP contribution in [0.5, 0.6) is 0 Å². The molecular formula is C6H11N3. The maximum atomic E-state index is 3.86. The summed E-state index contributed by atoms with van der Waals surface area (Å²) in [5.74, 6) is 0. The van der Waals surface area contributed by atoms with Crippen LogP contribution in [0.15, 0.2) is 16.9 Å². The van der Waals surface area contributed by atoms with E-state index >= 15 is 0 Å². The number of hydrogen-bond donors (Lipinski definition) is 1. The minimum Gasteiger partial charge on any atom is -0.393 e. The van der Waals surface area contributed by atoms with Gasteiger partial charge in [0.1, 0.15) is 0 Å². The number of nitrogens with zero attached hydrogens (tertiary/aromatic N) is 2. The lowest BCUT2D eigenvalue weighted by molar-refractivity contribution is 0.897. The topological polar surface area (TPSA) is 27.4 Å². The molecule has 1 heterocycles. The fourth-order valence-corrected chi connectivity index (χ4v) is 0.689. The first kappa shape index (κ1) is 6.13. The molecule has 0 aromatic rings. The van der Waals surface area contributed by atoms with Crippen LogP contribution in [0.25, 0.3) is 0 Å². The van der Waals surface area contributed by atoms with Crippen LogP contribution in [-0.4, -0.2) is 31.9 Å². The number of aliphatic imine (C=N–C) groups is 1. The summed E-state index contributed by atoms with van der Waals surface area (Å²) in [4.78, 5) is 5.93. The molecule has 0 amide bonds. The van der Waals surface area contributed by atoms with Gasteiger partial charge in [-0.15, -0.1) is 0 Å². The van der Waals surface area contributed by atoms with Gasteiger partial charge in [-0.2, -0.15) is 0 Å². The van der Waals surface area contributed by atoms with E-state index in [0.29, 0.717) is 0 Å². The van der Waals surface area contributed by atoms with Crippen LogP contribution in [-0.2, 0) is 0 Å². The largest absolute Gasteiger partial charge is 0.393 e. The van der Waals surface area contributed by atoms with Gasteiger partial charge in [0.05, 0.1) is 18.6 Å². The van der Waals surface area contributed by atoms with Crippen LogP contribution in [0.2, 0.25) is 0 Å². The second kappa shape index (κ2) is 2.53. The Hall–Kier alpha value is -0.990. The second-order valence-electron chi connectivity index (χ2n) is 1.93. The molecule has 1 aliphatic rings. The van der Waals surface area contributed by atoms with E-state index in [9.17, 15) is 0 Å². The van der Waals surface area contributed by atoms with Crippen molar-refractivity contribution in [2.45, 2.75) is 0 Å². The number of rotatable bonds is 2. The van der Waals surface area contributed by atoms with Gasteiger partial charge in [-0.25, -0.2) is 0 Å². The molecule has 0 aliphatic carbocycles. The normalized spacial score (nSPS) is 21.6. The van der Waals surface area contributed by atoms with Gasteiger partial charge < -0.3 is 10.2 Å². The molecule has 0 bridgehead atoms. The smallest absolute Gasteiger partial charge is 0.0893 e. The summed E-state index contributed by atoms with van der Waals surface area (Å²) in [5.41, 5.74) is 1.29. The highest BCUT2D eigenvalue weighted by Crippen LogP contribution is 2.17. The molecule has 0 radical (unpaired) electrons. The zero-order chi connectivity index (χ0) is 6.69. The molecule has 0 unspecified atom stereocenters. The Balaban J connectivity index is 2.32. The molecule has 0 aromatic heterocycles. The molecule has 0 spiro atoms. The molecule has 1 rings (SSSR count). The summed E-state index contributed by atoms with van der Waals surface area (Å²) < 4.78 is 0. The van der Waals surface area contributed by atoms with Crippen LogP contribution in [0.1, 0.15) is 0 Å². The third kappa shape index (κ3) is 1.45. The minimum absolute atomic E-state index is 1.03. The van der Waals surface area contributed by atoms with Crippen molar-refractivity contribution in [2.75, 3.05) is 20.6 Å². The van der Waals surface area contributed by atoms with Gasteiger partial charge in [-0.05, 0) is 0 Å². The first-order chi connectivity index (χ1) is 4.38. The fourth-order valence-electron chi connectivity index (χ4n) is 0.689. The lowest BCUT2D eigenvalue weighted by atomic mass is 10.7. The Bertz CT molecular complexity index is 148. The average molecular weight is 125 g/mol. The van der Waals surface area contributed by atoms with Gasteiger partial charge >= 0.3 is 0 Å². The maximum absolute atomic E-state index is 3.86. The Labute approximate surface area is 55.1 Å². The molecule has 0 aromatic carbocycles. The Morgan fingerprint density at radius 3 is 3.11 bits per heavy atom. The van der Waals surface area contributed by atoms with Crippen molar-refractivity contribution < 1.29 is 0 Å². The summed E-state index contributed by atoms with van der Waals surface area (Å²) >= 11 is 0. The number of hydrogen-bond acceptors (Lipinski definition) is 2. The van der Waals surface area contributed by atoms with Gasteiger partial charge in [0.2, 0.25) is 0 Å². The Morgan fingerprint density at radius 2 is 2.56 bits per heavy atom. The van der Waals surface area contributed by atoms with E-state index in [2.05, 4.69) is 15.2 Å². The van der Waals surface area contributed by atoms with Crippen molar-refractivity contribution >= 4 is 6.34 Å². The van der Waals surface area contributed by atoms with E-state index in [1.165, 1.54) is 5.70 Å². The van der Waals surface area contributed by atoms with E-state index in [0.717, 1.165) is 6.54 Å². The van der Waals surface area contributed by atoms with Gasteiger partial charge in [0.15, 0.2) is 0 Å². The Morgan fingerprint density at radius 1 is 1.78 bits per heavy atom. The van der Waals surface area contributed by atoms with Crippen LogP contribution in [0.3, 0.4) is 0 Å². The molecule has 1 aliphatic heterocycles. The summed E-state index contributed by atoms with van der Waals surface area (Å²) in [5, 5.41) is 2.95. The molecule has 3 nitrogen and oxygen atoms in total. The molecule has 1 saturated heterocycles. The van der Waals surface area contributed by atoms with Crippen molar-refractivity contribution in [1.29, 1.82) is 0 Å². The van der Waals surface area contributed by atoms with Crippen molar-refractivity contribution in [2.24, 2.45) is 4.99 Å². The molecule has 3 heteroatoms. The van der Waals surface area contributed by atoms with Gasteiger partial charge in [0.25, 0.3) is 0 Å². The second-order valence-corrected chi connectivity index (χ2v) is 1.93. The van der Waals surface area contributed by atoms with E-state index < -0.39 is 0 Å². The number of nitrogens with one attached hydrogen (secondary N) is 1. The molecule has 9 heavy (non-hydrogen) atoms. The van der Waals surface area contributed by atoms with Gasteiger partial charge in [-0.1, -0.05) is 0 Å². The van der Waals surface area contributed by atoms with Crippen molar-refractivity contribution in [3.8, 4) is 0 Å². The molecule has 0 saturated carbocycles. The molecule has 50 valence electrons. The summed E-state index contributed by atoms with van der Waals surface area (Å²) in [6, 6.07) is 0. The van der Waals surface area contributed by atoms with Crippen LogP contribution in [0, 0.1) is 0 Å². The molecule has 0 atom stereocenters. The van der Waals surface area contributed by atoms with E-state index in [1.54, 1.807) is 7.05 Å². The van der Waals surface area contributed by atoms with E-state index in [1.807, 2.05) is 19.6 Å². The standard InChI is InChI=1S/C6H11N3/c1-7-3-6-4-9(6)5-8-2/h3,5,7H,4H2,1-2H3/b6-3+,8-5?. The lowest BCUT2D eigenvalue weighted by Crippen LogP contribution is -1.94. The van der Waals surface area contributed by atoms with Crippen LogP contribution in [0.4, 0.5) is 0 Å². The first-order valence-electron chi connectivity index (χ1n) is 2.93. The summed E-state index contributed by atoms with van der Waals surface area (Å²) in [6.45, 7) is 1.03. The zero-order valence-electron chi connectivity index (χ0n) is 5.76. The highest BCUT2D eigenvalue weighted by molar-refractivity contribution is 5.63. The highest BCUT2D eigenvalue weighted by atomic mass is 15.3. The quantitative estimate of drug-likeness (QED) is 0.320. The van der Waals surface area contributed by atoms with E-state index in [4.69, 9.17) is 0 Å². The lowest BCUT2D eigenvalue weighted by Gasteiger charge is -1.85. The molecule has 1 N–H and O–H groups in total. The third-order valence-corrected chi connectivity index (χ3v) is 1.16. The molecule has 1 fully saturated rings. The van der Waals surface area contributed by atoms with Gasteiger partial charge in [-0.3, -0.25) is 4.99 Å². The maximum Gasteiger partial charge on any atom is 0.0893 e. The monoisotopic (exact) mass is 125 g/mol. The zero-order valence-corrected chi connectivity index (χ0v) is 5.76. The predicted octanol–water partition coefficient (Wildman–Crippen LogP) is 0.0209. The Kier molecular flexibility index (Phi) is 1.72. The minimum atomic E-state index is 1.03. The SMILES string of the molecule is CN=CN1C/C1=C\NC. The van der Waals surface area contributed by atoms with Gasteiger partial charge in [0, 0.05) is 20.3 Å². The highest BCUT2D eigenvalue weighted by Gasteiger charge is 2.21. The first-order valence-corrected chi connectivity index (χ1v) is 2.93. The molecular weight excluding hydrogens is 114 g/mol. The van der Waals surface area contributed by atoms with Crippen LogP contribution < -0.4 is 5.32 Å². The van der Waals surface area contributed by atoms with Crippen molar-refractivity contribution in [1.82, 2.24) is 10.2 Å². The summed E-state index contributed by atoms with van der Waals surface area (Å²) in [7, 11) is 3.67. The average Bonchev–Trinajstić information content (AvgIpc) is 2.50.